The number of nitrogens with two attached hydrogens (primary N) is 1. The minimum absolute atomic E-state index is 0.271. The van der Waals surface area contributed by atoms with Crippen molar-refractivity contribution in [1.82, 2.24) is 5.32 Å². The second kappa shape index (κ2) is 11.0. The molecule has 1 atom stereocenters. The lowest BCUT2D eigenvalue weighted by atomic mass is 10.0. The second-order valence-electron chi connectivity index (χ2n) is 5.78. The molecule has 136 valence electrons. The average molecular weight is 346 g/mol. The number of esters is 1. The number of carbonyl (C=O) groups is 3. The molecule has 0 spiro atoms. The van der Waals surface area contributed by atoms with Gasteiger partial charge < -0.3 is 15.8 Å². The summed E-state index contributed by atoms with van der Waals surface area (Å²) in [5, 5.41) is 2.64. The lowest BCUT2D eigenvalue weighted by Gasteiger charge is -2.15. The van der Waals surface area contributed by atoms with Crippen LogP contribution >= 0.6 is 0 Å². The van der Waals surface area contributed by atoms with Gasteiger partial charge in [0.15, 0.2) is 0 Å². The van der Waals surface area contributed by atoms with Crippen LogP contribution in [0.2, 0.25) is 0 Å². The second-order valence-corrected chi connectivity index (χ2v) is 5.78. The van der Waals surface area contributed by atoms with E-state index in [0.717, 1.165) is 32.1 Å². The van der Waals surface area contributed by atoms with Crippen molar-refractivity contribution < 1.29 is 19.1 Å². The number of ether oxygens (including phenoxy) is 1. The summed E-state index contributed by atoms with van der Waals surface area (Å²) < 4.78 is 4.63. The van der Waals surface area contributed by atoms with Crippen LogP contribution in [0.3, 0.4) is 0 Å². The first-order chi connectivity index (χ1) is 12.0. The normalized spacial score (nSPS) is 11.4. The van der Waals surface area contributed by atoms with E-state index >= 15 is 0 Å². The number of primary amides is 1. The predicted molar refractivity (Wildman–Crippen MR) is 96.1 cm³/mol. The molecule has 1 rings (SSSR count). The SMILES string of the molecule is C=CCCCCCC[C@@H](NC(=O)c1cccc(C(=O)OC)c1)C(N)=O. The fourth-order valence-electron chi connectivity index (χ4n) is 2.42. The van der Waals surface area contributed by atoms with Crippen LogP contribution in [0.15, 0.2) is 36.9 Å². The highest BCUT2D eigenvalue weighted by Gasteiger charge is 2.19. The first-order valence-corrected chi connectivity index (χ1v) is 8.39. The maximum atomic E-state index is 12.3. The van der Waals surface area contributed by atoms with Crippen LogP contribution in [0.5, 0.6) is 0 Å². The summed E-state index contributed by atoms with van der Waals surface area (Å²) in [6, 6.07) is 5.40. The van der Waals surface area contributed by atoms with Gasteiger partial charge >= 0.3 is 5.97 Å². The van der Waals surface area contributed by atoms with Gasteiger partial charge in [-0.3, -0.25) is 9.59 Å². The van der Waals surface area contributed by atoms with E-state index < -0.39 is 23.8 Å². The standard InChI is InChI=1S/C19H26N2O4/c1-3-4-5-6-7-8-12-16(17(20)22)21-18(23)14-10-9-11-15(13-14)19(24)25-2/h3,9-11,13,16H,1,4-8,12H2,2H3,(H2,20,22)(H,21,23)/t16-/m1/s1. The third kappa shape index (κ3) is 7.20. The molecule has 6 nitrogen and oxygen atoms in total. The van der Waals surface area contributed by atoms with Gasteiger partial charge in [-0.25, -0.2) is 4.79 Å². The minimum atomic E-state index is -0.728. The highest BCUT2D eigenvalue weighted by atomic mass is 16.5. The fraction of sp³-hybridized carbons (Fsp3) is 0.421. The molecular formula is C19H26N2O4. The van der Waals surface area contributed by atoms with Gasteiger partial charge in [0.05, 0.1) is 12.7 Å². The number of carbonyl (C=O) groups excluding carboxylic acids is 3. The molecule has 25 heavy (non-hydrogen) atoms. The number of nitrogens with one attached hydrogen (secondary N) is 1. The zero-order valence-corrected chi connectivity index (χ0v) is 14.6. The molecule has 6 heteroatoms. The van der Waals surface area contributed by atoms with Crippen molar-refractivity contribution in [3.8, 4) is 0 Å². The molecule has 1 aromatic carbocycles. The summed E-state index contributed by atoms with van der Waals surface area (Å²) in [6.07, 6.45) is 7.23. The zero-order chi connectivity index (χ0) is 18.7. The highest BCUT2D eigenvalue weighted by Crippen LogP contribution is 2.10. The van der Waals surface area contributed by atoms with Crippen LogP contribution in [-0.4, -0.2) is 30.9 Å². The number of unbranched alkanes of at least 4 members (excludes halogenated alkanes) is 4. The Balaban J connectivity index is 2.60. The van der Waals surface area contributed by atoms with Gasteiger partial charge in [-0.05, 0) is 37.5 Å². The molecule has 0 radical (unpaired) electrons. The van der Waals surface area contributed by atoms with Crippen molar-refractivity contribution >= 4 is 17.8 Å². The molecule has 0 saturated heterocycles. The monoisotopic (exact) mass is 346 g/mol. The van der Waals surface area contributed by atoms with E-state index in [-0.39, 0.29) is 11.1 Å². The van der Waals surface area contributed by atoms with Crippen LogP contribution < -0.4 is 11.1 Å². The smallest absolute Gasteiger partial charge is 0.337 e. The Kier molecular flexibility index (Phi) is 9.00. The Morgan fingerprint density at radius 3 is 2.52 bits per heavy atom. The van der Waals surface area contributed by atoms with E-state index in [9.17, 15) is 14.4 Å². The summed E-state index contributed by atoms with van der Waals surface area (Å²) in [7, 11) is 1.27. The predicted octanol–water partition coefficient (Wildman–Crippen LogP) is 2.58. The van der Waals surface area contributed by atoms with Crippen molar-refractivity contribution in [2.75, 3.05) is 7.11 Å². The van der Waals surface area contributed by atoms with Crippen LogP contribution in [0.25, 0.3) is 0 Å². The Labute approximate surface area is 148 Å². The van der Waals surface area contributed by atoms with Gasteiger partial charge in [-0.1, -0.05) is 31.4 Å². The van der Waals surface area contributed by atoms with Gasteiger partial charge in [-0.15, -0.1) is 6.58 Å². The molecule has 0 aliphatic rings. The van der Waals surface area contributed by atoms with Crippen LogP contribution in [0.4, 0.5) is 0 Å². The highest BCUT2D eigenvalue weighted by molar-refractivity contribution is 5.99. The van der Waals surface area contributed by atoms with E-state index in [4.69, 9.17) is 5.73 Å². The van der Waals surface area contributed by atoms with Crippen molar-refractivity contribution in [1.29, 1.82) is 0 Å². The number of hydrogen-bond donors (Lipinski definition) is 2. The van der Waals surface area contributed by atoms with E-state index in [2.05, 4.69) is 16.6 Å². The third-order valence-electron chi connectivity index (χ3n) is 3.85. The molecule has 3 N–H and O–H groups in total. The van der Waals surface area contributed by atoms with E-state index in [1.165, 1.54) is 13.2 Å². The van der Waals surface area contributed by atoms with Crippen molar-refractivity contribution in [2.24, 2.45) is 5.73 Å². The number of methoxy groups -OCH3 is 1. The third-order valence-corrected chi connectivity index (χ3v) is 3.85. The number of rotatable bonds is 11. The molecular weight excluding hydrogens is 320 g/mol. The Bertz CT molecular complexity index is 613. The number of amides is 2. The first-order valence-electron chi connectivity index (χ1n) is 8.39. The van der Waals surface area contributed by atoms with Crippen molar-refractivity contribution in [2.45, 2.75) is 44.6 Å². The summed E-state index contributed by atoms with van der Waals surface area (Å²) in [5.41, 5.74) is 5.93. The molecule has 0 heterocycles. The number of hydrogen-bond acceptors (Lipinski definition) is 4. The molecule has 0 fully saturated rings. The molecule has 0 unspecified atom stereocenters. The van der Waals surface area contributed by atoms with E-state index in [1.807, 2.05) is 6.08 Å². The molecule has 2 amide bonds. The molecule has 0 saturated carbocycles. The molecule has 1 aromatic rings. The first kappa shape index (κ1) is 20.4. The van der Waals surface area contributed by atoms with Crippen molar-refractivity contribution in [3.63, 3.8) is 0 Å². The summed E-state index contributed by atoms with van der Waals surface area (Å²) in [5.74, 6) is -1.54. The van der Waals surface area contributed by atoms with E-state index in [1.54, 1.807) is 18.2 Å². The van der Waals surface area contributed by atoms with Crippen LogP contribution in [0, 0.1) is 0 Å². The molecule has 0 aliphatic heterocycles. The van der Waals surface area contributed by atoms with Gasteiger partial charge in [0.1, 0.15) is 6.04 Å². The molecule has 0 aliphatic carbocycles. The topological polar surface area (TPSA) is 98.5 Å². The summed E-state index contributed by atoms with van der Waals surface area (Å²) >= 11 is 0. The van der Waals surface area contributed by atoms with Gasteiger partial charge in [-0.2, -0.15) is 0 Å². The van der Waals surface area contributed by atoms with Crippen molar-refractivity contribution in [3.05, 3.63) is 48.0 Å². The lowest BCUT2D eigenvalue weighted by molar-refractivity contribution is -0.120. The summed E-state index contributed by atoms with van der Waals surface area (Å²) in [4.78, 5) is 35.4. The zero-order valence-electron chi connectivity index (χ0n) is 14.6. The van der Waals surface area contributed by atoms with Gasteiger partial charge in [0.25, 0.3) is 5.91 Å². The Morgan fingerprint density at radius 1 is 1.20 bits per heavy atom. The Hall–Kier alpha value is -2.63. The lowest BCUT2D eigenvalue weighted by Crippen LogP contribution is -2.44. The Morgan fingerprint density at radius 2 is 1.88 bits per heavy atom. The van der Waals surface area contributed by atoms with Crippen LogP contribution in [-0.2, 0) is 9.53 Å². The quantitative estimate of drug-likeness (QED) is 0.365. The number of allylic oxidation sites excluding steroid dienone is 1. The minimum Gasteiger partial charge on any atom is -0.465 e. The maximum absolute atomic E-state index is 12.3. The molecule has 0 aromatic heterocycles. The fourth-order valence-corrected chi connectivity index (χ4v) is 2.42. The molecule has 0 bridgehead atoms. The maximum Gasteiger partial charge on any atom is 0.337 e. The van der Waals surface area contributed by atoms with E-state index in [0.29, 0.717) is 6.42 Å². The van der Waals surface area contributed by atoms with Crippen LogP contribution in [0.1, 0.15) is 59.2 Å². The summed E-state index contributed by atoms with van der Waals surface area (Å²) in [6.45, 7) is 3.68. The average Bonchev–Trinajstić information content (AvgIpc) is 2.62. The largest absolute Gasteiger partial charge is 0.465 e. The number of benzene rings is 1. The van der Waals surface area contributed by atoms with Gasteiger partial charge in [0, 0.05) is 5.56 Å². The van der Waals surface area contributed by atoms with Gasteiger partial charge in [0.2, 0.25) is 5.91 Å².